The molecule has 2 aliphatic carbocycles. The van der Waals surface area contributed by atoms with Gasteiger partial charge in [0.05, 0.1) is 5.56 Å². The number of hydrogen-bond donors (Lipinski definition) is 4. The lowest BCUT2D eigenvalue weighted by Gasteiger charge is -2.58. The fourth-order valence-corrected chi connectivity index (χ4v) is 6.16. The van der Waals surface area contributed by atoms with Crippen molar-refractivity contribution in [2.75, 3.05) is 13.6 Å². The summed E-state index contributed by atoms with van der Waals surface area (Å²) in [5.74, 6) is -2.47. The maximum absolute atomic E-state index is 12.5. The number of carbonyl (C=O) groups is 3. The van der Waals surface area contributed by atoms with Crippen molar-refractivity contribution in [1.29, 1.82) is 0 Å². The molecule has 10 heteroatoms. The van der Waals surface area contributed by atoms with Gasteiger partial charge in [0.25, 0.3) is 0 Å². The van der Waals surface area contributed by atoms with E-state index < -0.39 is 24.1 Å². The minimum absolute atomic E-state index is 0.278. The molecule has 4 N–H and O–H groups in total. The highest BCUT2D eigenvalue weighted by molar-refractivity contribution is 5.90. The van der Waals surface area contributed by atoms with Gasteiger partial charge in [-0.25, -0.2) is 14.4 Å². The first-order valence-corrected chi connectivity index (χ1v) is 12.4. The number of fused-ring (bicyclic) bond motifs is 1. The standard InChI is InChI=1S/C23H26N2O2.C4H6O6/c1-25-12-10-23-9-3-2-6-19(23)21(25)13-16-7-8-18(14-20(16)23)27-22(26)17-5-4-11-24-15-17;5-1(3(7)8)2(6)4(9)10/h4-5,7-8,11,14-15,19,21H,2-3,6,9-10,12-13H2,1H3;1-2,5-6H,(H,7,8)(H,9,10)/t19-,21+,23+;1-,2-/m01/s1. The normalized spacial score (nSPS) is 25.8. The molecular formula is C27H32N2O8. The summed E-state index contributed by atoms with van der Waals surface area (Å²) in [6, 6.07) is 10.5. The number of piperidine rings is 1. The zero-order valence-electron chi connectivity index (χ0n) is 20.6. The lowest BCUT2D eigenvalue weighted by atomic mass is 9.52. The van der Waals surface area contributed by atoms with Crippen molar-refractivity contribution < 1.29 is 39.5 Å². The van der Waals surface area contributed by atoms with Crippen LogP contribution < -0.4 is 4.74 Å². The van der Waals surface area contributed by atoms with Gasteiger partial charge in [-0.3, -0.25) is 4.98 Å². The van der Waals surface area contributed by atoms with Crippen LogP contribution in [0, 0.1) is 5.92 Å². The summed E-state index contributed by atoms with van der Waals surface area (Å²) < 4.78 is 5.71. The minimum atomic E-state index is -2.27. The number of carboxylic acid groups (broad SMARTS) is 2. The number of rotatable bonds is 5. The molecule has 10 nitrogen and oxygen atoms in total. The molecule has 198 valence electrons. The van der Waals surface area contributed by atoms with Crippen molar-refractivity contribution >= 4 is 17.9 Å². The zero-order chi connectivity index (χ0) is 26.7. The largest absolute Gasteiger partial charge is 0.479 e. The Morgan fingerprint density at radius 2 is 1.81 bits per heavy atom. The highest BCUT2D eigenvalue weighted by Gasteiger charge is 2.53. The van der Waals surface area contributed by atoms with E-state index in [1.807, 2.05) is 6.07 Å². The van der Waals surface area contributed by atoms with Crippen molar-refractivity contribution in [2.24, 2.45) is 5.92 Å². The number of benzene rings is 1. The van der Waals surface area contributed by atoms with Crippen LogP contribution in [0.5, 0.6) is 5.75 Å². The first-order valence-electron chi connectivity index (χ1n) is 12.4. The molecule has 1 aromatic heterocycles. The van der Waals surface area contributed by atoms with Crippen molar-refractivity contribution in [3.05, 3.63) is 59.4 Å². The lowest BCUT2D eigenvalue weighted by molar-refractivity contribution is -0.165. The van der Waals surface area contributed by atoms with Gasteiger partial charge in [-0.15, -0.1) is 0 Å². The second-order valence-corrected chi connectivity index (χ2v) is 10.0. The second-order valence-electron chi connectivity index (χ2n) is 10.0. The van der Waals surface area contributed by atoms with Gasteiger partial charge in [-0.2, -0.15) is 0 Å². The summed E-state index contributed by atoms with van der Waals surface area (Å²) in [5, 5.41) is 32.5. The van der Waals surface area contributed by atoms with Gasteiger partial charge in [-0.05, 0) is 80.6 Å². The van der Waals surface area contributed by atoms with E-state index in [4.69, 9.17) is 25.2 Å². The van der Waals surface area contributed by atoms with Crippen LogP contribution in [-0.4, -0.2) is 80.1 Å². The van der Waals surface area contributed by atoms with Gasteiger partial charge in [0.2, 0.25) is 0 Å². The van der Waals surface area contributed by atoms with Gasteiger partial charge in [-0.1, -0.05) is 18.9 Å². The average molecular weight is 513 g/mol. The third-order valence-corrected chi connectivity index (χ3v) is 8.00. The summed E-state index contributed by atoms with van der Waals surface area (Å²) >= 11 is 0. The molecule has 0 amide bonds. The number of aromatic nitrogens is 1. The van der Waals surface area contributed by atoms with E-state index in [1.54, 1.807) is 24.5 Å². The van der Waals surface area contributed by atoms with Gasteiger partial charge < -0.3 is 30.1 Å². The summed E-state index contributed by atoms with van der Waals surface area (Å²) in [6.07, 6.45) is 6.28. The predicted octanol–water partition coefficient (Wildman–Crippen LogP) is 1.87. The Bertz CT molecular complexity index is 1140. The Morgan fingerprint density at radius 3 is 2.46 bits per heavy atom. The number of ether oxygens (including phenoxy) is 1. The second kappa shape index (κ2) is 11.0. The molecule has 0 radical (unpaired) electrons. The Morgan fingerprint density at radius 1 is 1.08 bits per heavy atom. The number of likely N-dealkylation sites (N-methyl/N-ethyl adjacent to an activating group) is 1. The summed E-state index contributed by atoms with van der Waals surface area (Å²) in [4.78, 5) is 38.6. The number of nitrogens with zero attached hydrogens (tertiary/aromatic N) is 2. The molecule has 2 fully saturated rings. The minimum Gasteiger partial charge on any atom is -0.479 e. The molecule has 2 aromatic rings. The van der Waals surface area contributed by atoms with Crippen molar-refractivity contribution in [2.45, 2.75) is 62.2 Å². The molecule has 5 atom stereocenters. The molecule has 0 spiro atoms. The van der Waals surface area contributed by atoms with Crippen LogP contribution in [0.4, 0.5) is 0 Å². The third-order valence-electron chi connectivity index (χ3n) is 8.00. The van der Waals surface area contributed by atoms with Gasteiger partial charge in [0, 0.05) is 23.9 Å². The number of pyridine rings is 1. The highest BCUT2D eigenvalue weighted by atomic mass is 16.5. The maximum Gasteiger partial charge on any atom is 0.345 e. The topological polar surface area (TPSA) is 157 Å². The maximum atomic E-state index is 12.5. The third kappa shape index (κ3) is 5.36. The van der Waals surface area contributed by atoms with E-state index in [9.17, 15) is 14.4 Å². The number of esters is 1. The number of carbonyl (C=O) groups excluding carboxylic acids is 1. The molecule has 1 aliphatic heterocycles. The number of aliphatic hydroxyl groups is 2. The van der Waals surface area contributed by atoms with Crippen molar-refractivity contribution in [3.63, 3.8) is 0 Å². The van der Waals surface area contributed by atoms with E-state index in [0.717, 1.165) is 12.3 Å². The zero-order valence-corrected chi connectivity index (χ0v) is 20.6. The number of likely N-dealkylation sites (tertiary alicyclic amines) is 1. The average Bonchev–Trinajstić information content (AvgIpc) is 2.90. The quantitative estimate of drug-likeness (QED) is 0.344. The van der Waals surface area contributed by atoms with E-state index in [2.05, 4.69) is 29.1 Å². The molecule has 1 saturated heterocycles. The molecule has 1 aromatic carbocycles. The van der Waals surface area contributed by atoms with E-state index in [-0.39, 0.29) is 11.4 Å². The molecule has 1 saturated carbocycles. The van der Waals surface area contributed by atoms with Crippen LogP contribution in [0.3, 0.4) is 0 Å². The fourth-order valence-electron chi connectivity index (χ4n) is 6.16. The van der Waals surface area contributed by atoms with Gasteiger partial charge >= 0.3 is 17.9 Å². The van der Waals surface area contributed by atoms with Crippen LogP contribution in [0.25, 0.3) is 0 Å². The summed E-state index contributed by atoms with van der Waals surface area (Å²) in [7, 11) is 2.29. The number of carboxylic acids is 2. The van der Waals surface area contributed by atoms with Gasteiger partial charge in [0.1, 0.15) is 5.75 Å². The molecule has 2 heterocycles. The number of aliphatic carboxylic acids is 2. The Labute approximate surface area is 214 Å². The van der Waals surface area contributed by atoms with E-state index in [0.29, 0.717) is 17.4 Å². The van der Waals surface area contributed by atoms with E-state index in [1.165, 1.54) is 49.8 Å². The van der Waals surface area contributed by atoms with Crippen LogP contribution >= 0.6 is 0 Å². The van der Waals surface area contributed by atoms with E-state index >= 15 is 0 Å². The SMILES string of the molecule is CN1CC[C@]23CCCC[C@H]2[C@H]1Cc1ccc(OC(=O)c2cccnc2)cc13.O=C(O)[C@H](O)[C@@H](O)C(=O)O. The van der Waals surface area contributed by atoms with Crippen LogP contribution in [0.15, 0.2) is 42.7 Å². The number of hydrogen-bond acceptors (Lipinski definition) is 8. The van der Waals surface area contributed by atoms with Crippen molar-refractivity contribution in [3.8, 4) is 5.75 Å². The predicted molar refractivity (Wildman–Crippen MR) is 131 cm³/mol. The Hall–Kier alpha value is -3.34. The molecule has 5 rings (SSSR count). The monoisotopic (exact) mass is 512 g/mol. The van der Waals surface area contributed by atoms with Crippen LogP contribution in [-0.2, 0) is 21.4 Å². The molecular weight excluding hydrogens is 480 g/mol. The summed E-state index contributed by atoms with van der Waals surface area (Å²) in [6.45, 7) is 1.17. The van der Waals surface area contributed by atoms with Crippen LogP contribution in [0.2, 0.25) is 0 Å². The van der Waals surface area contributed by atoms with Gasteiger partial charge in [0.15, 0.2) is 12.2 Å². The Balaban J connectivity index is 0.000000275. The Kier molecular flexibility index (Phi) is 7.91. The summed E-state index contributed by atoms with van der Waals surface area (Å²) in [5.41, 5.74) is 3.67. The molecule has 2 bridgehead atoms. The smallest absolute Gasteiger partial charge is 0.345 e. The highest BCUT2D eigenvalue weighted by Crippen LogP contribution is 2.55. The molecule has 0 unspecified atom stereocenters. The fraction of sp³-hybridized carbons (Fsp3) is 0.481. The lowest BCUT2D eigenvalue weighted by Crippen LogP contribution is -2.59. The van der Waals surface area contributed by atoms with Crippen LogP contribution in [0.1, 0.15) is 53.6 Å². The first kappa shape index (κ1) is 26.7. The molecule has 3 aliphatic rings. The first-order chi connectivity index (χ1) is 17.6. The molecule has 37 heavy (non-hydrogen) atoms. The number of aliphatic hydroxyl groups excluding tert-OH is 2. The van der Waals surface area contributed by atoms with Crippen molar-refractivity contribution in [1.82, 2.24) is 9.88 Å².